The van der Waals surface area contributed by atoms with Crippen LogP contribution in [0.15, 0.2) is 72.9 Å². The fourth-order valence-corrected chi connectivity index (χ4v) is 2.50. The average molecular weight is 361 g/mol. The van der Waals surface area contributed by atoms with E-state index in [1.165, 1.54) is 13.3 Å². The minimum atomic E-state index is -0.435. The number of nitrogens with one attached hydrogen (secondary N) is 2. The van der Waals surface area contributed by atoms with E-state index in [1.807, 2.05) is 30.3 Å². The lowest BCUT2D eigenvalue weighted by Crippen LogP contribution is -2.22. The fraction of sp³-hybridized carbons (Fsp3) is 0.0952. The number of hydrogen-bond acceptors (Lipinski definition) is 5. The van der Waals surface area contributed by atoms with Gasteiger partial charge in [-0.25, -0.2) is 9.78 Å². The molecule has 6 heteroatoms. The summed E-state index contributed by atoms with van der Waals surface area (Å²) >= 11 is 0. The number of hydrogen-bond donors (Lipinski definition) is 2. The monoisotopic (exact) mass is 361 g/mol. The first-order chi connectivity index (χ1) is 13.2. The van der Waals surface area contributed by atoms with Crippen molar-refractivity contribution in [1.82, 2.24) is 10.3 Å². The lowest BCUT2D eigenvalue weighted by Gasteiger charge is -2.10. The van der Waals surface area contributed by atoms with Crippen molar-refractivity contribution >= 4 is 23.4 Å². The lowest BCUT2D eigenvalue weighted by molar-refractivity contribution is 0.0601. The summed E-state index contributed by atoms with van der Waals surface area (Å²) in [5.41, 5.74) is 2.47. The van der Waals surface area contributed by atoms with Crippen molar-refractivity contribution in [2.45, 2.75) is 6.54 Å². The zero-order valence-electron chi connectivity index (χ0n) is 14.8. The van der Waals surface area contributed by atoms with E-state index < -0.39 is 5.97 Å². The molecule has 0 atom stereocenters. The van der Waals surface area contributed by atoms with Gasteiger partial charge >= 0.3 is 5.97 Å². The highest BCUT2D eigenvalue weighted by Gasteiger charge is 2.12. The van der Waals surface area contributed by atoms with E-state index in [1.54, 1.807) is 36.4 Å². The third-order valence-electron chi connectivity index (χ3n) is 3.92. The van der Waals surface area contributed by atoms with E-state index in [-0.39, 0.29) is 5.91 Å². The summed E-state index contributed by atoms with van der Waals surface area (Å²) in [4.78, 5) is 28.3. The van der Waals surface area contributed by atoms with Crippen molar-refractivity contribution in [2.75, 3.05) is 12.4 Å². The summed E-state index contributed by atoms with van der Waals surface area (Å²) in [5, 5.41) is 5.92. The van der Waals surface area contributed by atoms with Gasteiger partial charge in [-0.3, -0.25) is 4.79 Å². The molecular formula is C21H19N3O3. The molecule has 0 spiro atoms. The Balaban J connectivity index is 1.65. The number of esters is 1. The van der Waals surface area contributed by atoms with Crippen LogP contribution in [0.3, 0.4) is 0 Å². The molecular weight excluding hydrogens is 342 g/mol. The average Bonchev–Trinajstić information content (AvgIpc) is 2.73. The molecule has 0 aliphatic carbocycles. The summed E-state index contributed by atoms with van der Waals surface area (Å²) in [6, 6.07) is 20.0. The maximum atomic E-state index is 12.2. The molecule has 0 aliphatic heterocycles. The molecule has 0 bridgehead atoms. The highest BCUT2D eigenvalue weighted by atomic mass is 16.5. The van der Waals surface area contributed by atoms with E-state index in [9.17, 15) is 9.59 Å². The van der Waals surface area contributed by atoms with Crippen molar-refractivity contribution in [2.24, 2.45) is 0 Å². The number of ether oxygens (including phenoxy) is 1. The summed E-state index contributed by atoms with van der Waals surface area (Å²) in [6.07, 6.45) is 1.49. The quantitative estimate of drug-likeness (QED) is 0.657. The number of carbonyl (C=O) groups excluding carboxylic acids is 2. The van der Waals surface area contributed by atoms with Gasteiger partial charge in [-0.05, 0) is 29.8 Å². The summed E-state index contributed by atoms with van der Waals surface area (Å²) in [5.74, 6) is -0.117. The summed E-state index contributed by atoms with van der Waals surface area (Å²) in [7, 11) is 1.33. The molecule has 1 aromatic heterocycles. The third kappa shape index (κ3) is 4.70. The van der Waals surface area contributed by atoms with E-state index in [0.29, 0.717) is 29.2 Å². The van der Waals surface area contributed by atoms with Crippen LogP contribution in [0.2, 0.25) is 0 Å². The topological polar surface area (TPSA) is 80.3 Å². The minimum absolute atomic E-state index is 0.201. The molecule has 0 saturated heterocycles. The second-order valence-electron chi connectivity index (χ2n) is 5.76. The minimum Gasteiger partial charge on any atom is -0.465 e. The SMILES string of the molecule is COC(=O)c1ccccc1Nc1ccc(C(=O)NCc2ccccc2)cn1. The largest absolute Gasteiger partial charge is 0.465 e. The van der Waals surface area contributed by atoms with Gasteiger partial charge in [0, 0.05) is 12.7 Å². The lowest BCUT2D eigenvalue weighted by atomic mass is 10.1. The summed E-state index contributed by atoms with van der Waals surface area (Å²) < 4.78 is 4.78. The Morgan fingerprint density at radius 2 is 1.70 bits per heavy atom. The van der Waals surface area contributed by atoms with Crippen LogP contribution < -0.4 is 10.6 Å². The van der Waals surface area contributed by atoms with Crippen LogP contribution in [0.1, 0.15) is 26.3 Å². The molecule has 3 rings (SSSR count). The molecule has 2 aromatic carbocycles. The Morgan fingerprint density at radius 3 is 2.41 bits per heavy atom. The second kappa shape index (κ2) is 8.62. The first-order valence-electron chi connectivity index (χ1n) is 8.40. The van der Waals surface area contributed by atoms with Crippen molar-refractivity contribution in [3.05, 3.63) is 89.6 Å². The molecule has 0 saturated carbocycles. The van der Waals surface area contributed by atoms with Gasteiger partial charge in [-0.1, -0.05) is 42.5 Å². The zero-order chi connectivity index (χ0) is 19.1. The Labute approximate surface area is 157 Å². The number of para-hydroxylation sites is 1. The maximum absolute atomic E-state index is 12.2. The van der Waals surface area contributed by atoms with E-state index in [0.717, 1.165) is 5.56 Å². The second-order valence-corrected chi connectivity index (χ2v) is 5.76. The molecule has 0 fully saturated rings. The number of amides is 1. The van der Waals surface area contributed by atoms with Crippen LogP contribution in [0, 0.1) is 0 Å². The summed E-state index contributed by atoms with van der Waals surface area (Å²) in [6.45, 7) is 0.451. The molecule has 1 heterocycles. The van der Waals surface area contributed by atoms with Gasteiger partial charge < -0.3 is 15.4 Å². The van der Waals surface area contributed by atoms with E-state index in [4.69, 9.17) is 4.74 Å². The van der Waals surface area contributed by atoms with E-state index >= 15 is 0 Å². The molecule has 0 radical (unpaired) electrons. The molecule has 136 valence electrons. The predicted octanol–water partition coefficient (Wildman–Crippen LogP) is 3.54. The highest BCUT2D eigenvalue weighted by Crippen LogP contribution is 2.20. The van der Waals surface area contributed by atoms with Crippen molar-refractivity contribution < 1.29 is 14.3 Å². The normalized spacial score (nSPS) is 10.1. The van der Waals surface area contributed by atoms with Gasteiger partial charge in [0.2, 0.25) is 0 Å². The Morgan fingerprint density at radius 1 is 0.963 bits per heavy atom. The van der Waals surface area contributed by atoms with Crippen molar-refractivity contribution in [1.29, 1.82) is 0 Å². The van der Waals surface area contributed by atoms with Gasteiger partial charge in [-0.15, -0.1) is 0 Å². The molecule has 27 heavy (non-hydrogen) atoms. The molecule has 0 unspecified atom stereocenters. The van der Waals surface area contributed by atoms with Gasteiger partial charge in [0.15, 0.2) is 0 Å². The van der Waals surface area contributed by atoms with Crippen molar-refractivity contribution in [3.8, 4) is 0 Å². The van der Waals surface area contributed by atoms with Crippen LogP contribution in [0.5, 0.6) is 0 Å². The number of nitrogens with zero attached hydrogens (tertiary/aromatic N) is 1. The van der Waals surface area contributed by atoms with Crippen molar-refractivity contribution in [3.63, 3.8) is 0 Å². The number of methoxy groups -OCH3 is 1. The number of aromatic nitrogens is 1. The molecule has 3 aromatic rings. The Hall–Kier alpha value is -3.67. The highest BCUT2D eigenvalue weighted by molar-refractivity contribution is 5.96. The number of benzene rings is 2. The number of rotatable bonds is 6. The van der Waals surface area contributed by atoms with Crippen LogP contribution >= 0.6 is 0 Å². The maximum Gasteiger partial charge on any atom is 0.339 e. The predicted molar refractivity (Wildman–Crippen MR) is 103 cm³/mol. The van der Waals surface area contributed by atoms with Gasteiger partial charge in [0.05, 0.1) is 23.9 Å². The number of anilines is 2. The van der Waals surface area contributed by atoms with E-state index in [2.05, 4.69) is 15.6 Å². The first kappa shape index (κ1) is 18.1. The number of carbonyl (C=O) groups is 2. The van der Waals surface area contributed by atoms with Crippen LogP contribution in [0.25, 0.3) is 0 Å². The Kier molecular flexibility index (Phi) is 5.79. The van der Waals surface area contributed by atoms with Gasteiger partial charge in [0.25, 0.3) is 5.91 Å². The fourth-order valence-electron chi connectivity index (χ4n) is 2.50. The Bertz CT molecular complexity index is 925. The zero-order valence-corrected chi connectivity index (χ0v) is 14.8. The third-order valence-corrected chi connectivity index (χ3v) is 3.92. The van der Waals surface area contributed by atoms with Gasteiger partial charge in [-0.2, -0.15) is 0 Å². The van der Waals surface area contributed by atoms with Crippen LogP contribution in [0.4, 0.5) is 11.5 Å². The van der Waals surface area contributed by atoms with Crippen LogP contribution in [-0.2, 0) is 11.3 Å². The molecule has 6 nitrogen and oxygen atoms in total. The molecule has 0 aliphatic rings. The molecule has 1 amide bonds. The molecule has 2 N–H and O–H groups in total. The standard InChI is InChI=1S/C21H19N3O3/c1-27-21(26)17-9-5-6-10-18(17)24-19-12-11-16(14-22-19)20(25)23-13-15-7-3-2-4-8-15/h2-12,14H,13H2,1H3,(H,22,24)(H,23,25). The smallest absolute Gasteiger partial charge is 0.339 e. The van der Waals surface area contributed by atoms with Crippen LogP contribution in [-0.4, -0.2) is 24.0 Å². The van der Waals surface area contributed by atoms with Gasteiger partial charge in [0.1, 0.15) is 5.82 Å². The first-order valence-corrected chi connectivity index (χ1v) is 8.40. The number of pyridine rings is 1.